The number of hydrogen-bond acceptors (Lipinski definition) is 4. The first-order valence-corrected chi connectivity index (χ1v) is 6.95. The summed E-state index contributed by atoms with van der Waals surface area (Å²) < 4.78 is 5.69. The Morgan fingerprint density at radius 1 is 1.35 bits per heavy atom. The molecule has 20 heavy (non-hydrogen) atoms. The first-order chi connectivity index (χ1) is 9.54. The lowest BCUT2D eigenvalue weighted by atomic mass is 10.1. The maximum absolute atomic E-state index is 9.85. The molecule has 0 aromatic heterocycles. The zero-order chi connectivity index (χ0) is 15.0. The molecule has 4 nitrogen and oxygen atoms in total. The van der Waals surface area contributed by atoms with Crippen LogP contribution < -0.4 is 10.1 Å². The Balaban J connectivity index is 2.62. The average Bonchev–Trinajstić information content (AvgIpc) is 2.43. The van der Waals surface area contributed by atoms with Crippen LogP contribution in [0.4, 0.5) is 0 Å². The van der Waals surface area contributed by atoms with E-state index in [1.807, 2.05) is 45.0 Å². The lowest BCUT2D eigenvalue weighted by Gasteiger charge is -2.17. The number of para-hydroxylation sites is 1. The summed E-state index contributed by atoms with van der Waals surface area (Å²) in [5.41, 5.74) is 1.89. The largest absolute Gasteiger partial charge is 0.490 e. The summed E-state index contributed by atoms with van der Waals surface area (Å²) in [5.74, 6) is 0.721. The van der Waals surface area contributed by atoms with Crippen molar-refractivity contribution < 1.29 is 14.9 Å². The number of nitrogens with one attached hydrogen (secondary N) is 1. The Labute approximate surface area is 121 Å². The molecule has 0 saturated heterocycles. The van der Waals surface area contributed by atoms with Gasteiger partial charge in [0.25, 0.3) is 0 Å². The number of aliphatic hydroxyl groups is 2. The van der Waals surface area contributed by atoms with Gasteiger partial charge in [0.2, 0.25) is 0 Å². The minimum atomic E-state index is -0.549. The van der Waals surface area contributed by atoms with Crippen LogP contribution in [-0.2, 0) is 0 Å². The molecule has 1 aromatic rings. The van der Waals surface area contributed by atoms with Crippen molar-refractivity contribution >= 4 is 5.57 Å². The highest BCUT2D eigenvalue weighted by Crippen LogP contribution is 2.25. The maximum Gasteiger partial charge on any atom is 0.126 e. The van der Waals surface area contributed by atoms with Crippen LogP contribution >= 0.6 is 0 Å². The van der Waals surface area contributed by atoms with E-state index < -0.39 is 6.10 Å². The Bertz CT molecular complexity index is 429. The first-order valence-electron chi connectivity index (χ1n) is 6.95. The van der Waals surface area contributed by atoms with Gasteiger partial charge >= 0.3 is 0 Å². The lowest BCUT2D eigenvalue weighted by Crippen LogP contribution is -2.35. The first kappa shape index (κ1) is 16.7. The molecule has 0 saturated carbocycles. The molecule has 0 aliphatic rings. The minimum absolute atomic E-state index is 0.00109. The van der Waals surface area contributed by atoms with Crippen LogP contribution in [0.1, 0.15) is 26.3 Å². The fourth-order valence-electron chi connectivity index (χ4n) is 1.78. The van der Waals surface area contributed by atoms with Crippen LogP contribution in [0.15, 0.2) is 30.3 Å². The van der Waals surface area contributed by atoms with E-state index in [1.54, 1.807) is 6.08 Å². The van der Waals surface area contributed by atoms with Gasteiger partial charge in [-0.15, -0.1) is 0 Å². The predicted molar refractivity (Wildman–Crippen MR) is 81.8 cm³/mol. The Hall–Kier alpha value is -1.36. The summed E-state index contributed by atoms with van der Waals surface area (Å²) in [5, 5.41) is 22.0. The van der Waals surface area contributed by atoms with Gasteiger partial charge in [-0.1, -0.05) is 38.1 Å². The van der Waals surface area contributed by atoms with Crippen LogP contribution in [0, 0.1) is 0 Å². The van der Waals surface area contributed by atoms with Crippen LogP contribution in [0.2, 0.25) is 0 Å². The molecule has 1 unspecified atom stereocenters. The molecule has 1 atom stereocenters. The number of aliphatic hydroxyl groups excluding tert-OH is 2. The molecule has 4 heteroatoms. The highest BCUT2D eigenvalue weighted by atomic mass is 16.5. The van der Waals surface area contributed by atoms with Crippen LogP contribution in [-0.4, -0.2) is 42.1 Å². The van der Waals surface area contributed by atoms with Gasteiger partial charge in [0.05, 0.1) is 6.61 Å². The summed E-state index contributed by atoms with van der Waals surface area (Å²) in [6.07, 6.45) is 1.19. The number of rotatable bonds is 8. The van der Waals surface area contributed by atoms with Crippen molar-refractivity contribution in [3.05, 3.63) is 35.9 Å². The normalized spacial score (nSPS) is 13.6. The standard InChI is InChI=1S/C16H25NO3/c1-12(2)17-10-14(19)11-20-16-7-5-4-6-15(16)13(3)8-9-18/h4-8,12,14,17-19H,9-11H2,1-3H3. The van der Waals surface area contributed by atoms with Crippen molar-refractivity contribution in [2.75, 3.05) is 19.8 Å². The molecule has 1 rings (SSSR count). The molecule has 0 fully saturated rings. The molecule has 0 bridgehead atoms. The predicted octanol–water partition coefficient (Wildman–Crippen LogP) is 1.82. The SMILES string of the molecule is CC(=CCO)c1ccccc1OCC(O)CNC(C)C. The van der Waals surface area contributed by atoms with Gasteiger partial charge in [-0.2, -0.15) is 0 Å². The number of benzene rings is 1. The summed E-state index contributed by atoms with van der Waals surface area (Å²) >= 11 is 0. The maximum atomic E-state index is 9.85. The minimum Gasteiger partial charge on any atom is -0.490 e. The van der Waals surface area contributed by atoms with E-state index in [2.05, 4.69) is 5.32 Å². The van der Waals surface area contributed by atoms with Crippen molar-refractivity contribution in [2.24, 2.45) is 0 Å². The quantitative estimate of drug-likeness (QED) is 0.679. The van der Waals surface area contributed by atoms with Gasteiger partial charge in [0, 0.05) is 18.2 Å². The average molecular weight is 279 g/mol. The fourth-order valence-corrected chi connectivity index (χ4v) is 1.78. The van der Waals surface area contributed by atoms with Crippen molar-refractivity contribution in [1.29, 1.82) is 0 Å². The zero-order valence-electron chi connectivity index (χ0n) is 12.5. The molecule has 0 aliphatic heterocycles. The summed E-state index contributed by atoms with van der Waals surface area (Å²) in [6, 6.07) is 7.96. The van der Waals surface area contributed by atoms with Gasteiger partial charge < -0.3 is 20.3 Å². The van der Waals surface area contributed by atoms with E-state index in [-0.39, 0.29) is 13.2 Å². The second-order valence-electron chi connectivity index (χ2n) is 5.09. The molecule has 0 amide bonds. The third-order valence-corrected chi connectivity index (χ3v) is 2.90. The van der Waals surface area contributed by atoms with Crippen molar-refractivity contribution in [3.8, 4) is 5.75 Å². The molecule has 1 aromatic carbocycles. The second-order valence-corrected chi connectivity index (χ2v) is 5.09. The van der Waals surface area contributed by atoms with Crippen molar-refractivity contribution in [1.82, 2.24) is 5.32 Å². The van der Waals surface area contributed by atoms with Crippen LogP contribution in [0.25, 0.3) is 5.57 Å². The Morgan fingerprint density at radius 3 is 2.70 bits per heavy atom. The highest BCUT2D eigenvalue weighted by Gasteiger charge is 2.09. The number of allylic oxidation sites excluding steroid dienone is 1. The zero-order valence-corrected chi connectivity index (χ0v) is 12.5. The van der Waals surface area contributed by atoms with Gasteiger partial charge in [-0.25, -0.2) is 0 Å². The van der Waals surface area contributed by atoms with Crippen LogP contribution in [0.5, 0.6) is 5.75 Å². The summed E-state index contributed by atoms with van der Waals surface area (Å²) in [4.78, 5) is 0. The van der Waals surface area contributed by atoms with Gasteiger partial charge in [0.15, 0.2) is 0 Å². The third-order valence-electron chi connectivity index (χ3n) is 2.90. The van der Waals surface area contributed by atoms with E-state index >= 15 is 0 Å². The smallest absolute Gasteiger partial charge is 0.126 e. The molecular weight excluding hydrogens is 254 g/mol. The molecule has 3 N–H and O–H groups in total. The van der Waals surface area contributed by atoms with Gasteiger partial charge in [-0.3, -0.25) is 0 Å². The Morgan fingerprint density at radius 2 is 2.05 bits per heavy atom. The van der Waals surface area contributed by atoms with E-state index in [4.69, 9.17) is 9.84 Å². The molecule has 0 aliphatic carbocycles. The molecular formula is C16H25NO3. The number of hydrogen-bond donors (Lipinski definition) is 3. The number of ether oxygens (including phenoxy) is 1. The molecule has 0 heterocycles. The van der Waals surface area contributed by atoms with Crippen LogP contribution in [0.3, 0.4) is 0 Å². The van der Waals surface area contributed by atoms with E-state index in [9.17, 15) is 5.11 Å². The topological polar surface area (TPSA) is 61.7 Å². The third kappa shape index (κ3) is 5.74. The van der Waals surface area contributed by atoms with E-state index in [0.29, 0.717) is 12.6 Å². The highest BCUT2D eigenvalue weighted by molar-refractivity contribution is 5.68. The lowest BCUT2D eigenvalue weighted by molar-refractivity contribution is 0.104. The Kier molecular flexibility index (Phi) is 7.30. The second kappa shape index (κ2) is 8.74. The summed E-state index contributed by atoms with van der Waals surface area (Å²) in [7, 11) is 0. The molecule has 0 radical (unpaired) electrons. The van der Waals surface area contributed by atoms with Crippen molar-refractivity contribution in [2.45, 2.75) is 32.9 Å². The molecule has 112 valence electrons. The van der Waals surface area contributed by atoms with Crippen molar-refractivity contribution in [3.63, 3.8) is 0 Å². The van der Waals surface area contributed by atoms with E-state index in [1.165, 1.54) is 0 Å². The fraction of sp³-hybridized carbons (Fsp3) is 0.500. The van der Waals surface area contributed by atoms with Gasteiger partial charge in [-0.05, 0) is 18.6 Å². The van der Waals surface area contributed by atoms with Gasteiger partial charge in [0.1, 0.15) is 18.5 Å². The molecule has 0 spiro atoms. The van der Waals surface area contributed by atoms with E-state index in [0.717, 1.165) is 16.9 Å². The monoisotopic (exact) mass is 279 g/mol. The summed E-state index contributed by atoms with van der Waals surface area (Å²) in [6.45, 7) is 6.74.